The van der Waals surface area contributed by atoms with E-state index in [0.29, 0.717) is 12.5 Å². The summed E-state index contributed by atoms with van der Waals surface area (Å²) in [5.74, 6) is 1.62. The SMILES string of the molecule is CCNC(=NCc1ccccc1N1CCOCC1)N1CCC(COC)C1. The average molecular weight is 361 g/mol. The first-order valence-corrected chi connectivity index (χ1v) is 9.74. The molecule has 0 spiro atoms. The minimum atomic E-state index is 0.601. The van der Waals surface area contributed by atoms with Crippen LogP contribution in [0.4, 0.5) is 5.69 Å². The van der Waals surface area contributed by atoms with Crippen molar-refractivity contribution in [2.45, 2.75) is 19.9 Å². The standard InChI is InChI=1S/C20H32N4O2/c1-3-21-20(24-9-8-17(15-24)16-25-2)22-14-18-6-4-5-7-19(18)23-10-12-26-13-11-23/h4-7,17H,3,8-16H2,1-2H3,(H,21,22). The summed E-state index contributed by atoms with van der Waals surface area (Å²) in [5, 5.41) is 3.46. The van der Waals surface area contributed by atoms with Gasteiger partial charge in [-0.2, -0.15) is 0 Å². The van der Waals surface area contributed by atoms with E-state index in [9.17, 15) is 0 Å². The highest BCUT2D eigenvalue weighted by molar-refractivity contribution is 5.80. The zero-order valence-electron chi connectivity index (χ0n) is 16.1. The lowest BCUT2D eigenvalue weighted by atomic mass is 10.1. The van der Waals surface area contributed by atoms with Crippen LogP contribution in [0.3, 0.4) is 0 Å². The predicted molar refractivity (Wildman–Crippen MR) is 106 cm³/mol. The van der Waals surface area contributed by atoms with Gasteiger partial charge in [0.2, 0.25) is 0 Å². The molecule has 0 bridgehead atoms. The second-order valence-electron chi connectivity index (χ2n) is 6.95. The van der Waals surface area contributed by atoms with E-state index in [-0.39, 0.29) is 0 Å². The number of methoxy groups -OCH3 is 1. The summed E-state index contributed by atoms with van der Waals surface area (Å²) in [4.78, 5) is 9.72. The lowest BCUT2D eigenvalue weighted by Crippen LogP contribution is -2.40. The van der Waals surface area contributed by atoms with E-state index >= 15 is 0 Å². The van der Waals surface area contributed by atoms with E-state index in [1.807, 2.05) is 0 Å². The molecule has 0 amide bonds. The third-order valence-corrected chi connectivity index (χ3v) is 5.07. The van der Waals surface area contributed by atoms with Crippen LogP contribution in [0.1, 0.15) is 18.9 Å². The Morgan fingerprint density at radius 2 is 2.08 bits per heavy atom. The second-order valence-corrected chi connectivity index (χ2v) is 6.95. The van der Waals surface area contributed by atoms with Crippen LogP contribution in [0.2, 0.25) is 0 Å². The van der Waals surface area contributed by atoms with Gasteiger partial charge < -0.3 is 24.6 Å². The number of morpholine rings is 1. The number of benzene rings is 1. The van der Waals surface area contributed by atoms with Crippen LogP contribution in [-0.4, -0.2) is 70.5 Å². The summed E-state index contributed by atoms with van der Waals surface area (Å²) in [6, 6.07) is 8.61. The lowest BCUT2D eigenvalue weighted by Gasteiger charge is -2.30. The third kappa shape index (κ3) is 4.89. The number of para-hydroxylation sites is 1. The van der Waals surface area contributed by atoms with Crippen molar-refractivity contribution in [1.82, 2.24) is 10.2 Å². The molecule has 6 nitrogen and oxygen atoms in total. The number of guanidine groups is 1. The van der Waals surface area contributed by atoms with Crippen molar-refractivity contribution >= 4 is 11.6 Å². The molecule has 0 aliphatic carbocycles. The first-order valence-electron chi connectivity index (χ1n) is 9.74. The van der Waals surface area contributed by atoms with Crippen molar-refractivity contribution in [2.24, 2.45) is 10.9 Å². The van der Waals surface area contributed by atoms with E-state index < -0.39 is 0 Å². The summed E-state index contributed by atoms with van der Waals surface area (Å²) >= 11 is 0. The molecule has 2 aliphatic heterocycles. The Balaban J connectivity index is 1.70. The van der Waals surface area contributed by atoms with Crippen molar-refractivity contribution in [3.8, 4) is 0 Å². The normalized spacial score (nSPS) is 21.3. The molecule has 2 fully saturated rings. The Morgan fingerprint density at radius 1 is 1.27 bits per heavy atom. The van der Waals surface area contributed by atoms with Gasteiger partial charge in [-0.25, -0.2) is 4.99 Å². The molecule has 1 unspecified atom stereocenters. The summed E-state index contributed by atoms with van der Waals surface area (Å²) in [6.07, 6.45) is 1.17. The zero-order chi connectivity index (χ0) is 18.2. The Hall–Kier alpha value is -1.79. The second kappa shape index (κ2) is 9.78. The molecular formula is C20H32N4O2. The molecule has 144 valence electrons. The molecule has 0 saturated carbocycles. The van der Waals surface area contributed by atoms with Gasteiger partial charge in [0, 0.05) is 51.4 Å². The van der Waals surface area contributed by atoms with E-state index in [2.05, 4.69) is 46.3 Å². The van der Waals surface area contributed by atoms with E-state index in [4.69, 9.17) is 14.5 Å². The summed E-state index contributed by atoms with van der Waals surface area (Å²) in [7, 11) is 1.78. The Labute approximate surface area is 157 Å². The third-order valence-electron chi connectivity index (χ3n) is 5.07. The highest BCUT2D eigenvalue weighted by atomic mass is 16.5. The van der Waals surface area contributed by atoms with Gasteiger partial charge in [0.05, 0.1) is 26.4 Å². The van der Waals surface area contributed by atoms with E-state index in [1.165, 1.54) is 17.7 Å². The molecule has 2 aliphatic rings. The Bertz CT molecular complexity index is 587. The number of ether oxygens (including phenoxy) is 2. The van der Waals surface area contributed by atoms with Gasteiger partial charge >= 0.3 is 0 Å². The van der Waals surface area contributed by atoms with Crippen LogP contribution in [0, 0.1) is 5.92 Å². The molecule has 2 saturated heterocycles. The summed E-state index contributed by atoms with van der Waals surface area (Å²) in [5.41, 5.74) is 2.56. The molecular weight excluding hydrogens is 328 g/mol. The van der Waals surface area contributed by atoms with Crippen LogP contribution >= 0.6 is 0 Å². The molecule has 1 aromatic carbocycles. The van der Waals surface area contributed by atoms with E-state index in [1.54, 1.807) is 7.11 Å². The molecule has 6 heteroatoms. The summed E-state index contributed by atoms with van der Waals surface area (Å²) in [6.45, 7) is 10.1. The van der Waals surface area contributed by atoms with Crippen LogP contribution in [0.15, 0.2) is 29.3 Å². The average Bonchev–Trinajstić information content (AvgIpc) is 3.15. The fourth-order valence-corrected chi connectivity index (χ4v) is 3.74. The lowest BCUT2D eigenvalue weighted by molar-refractivity contribution is 0.122. The topological polar surface area (TPSA) is 49.3 Å². The molecule has 0 radical (unpaired) electrons. The monoisotopic (exact) mass is 360 g/mol. The van der Waals surface area contributed by atoms with Crippen LogP contribution in [-0.2, 0) is 16.0 Å². The fourth-order valence-electron chi connectivity index (χ4n) is 3.74. The number of hydrogen-bond acceptors (Lipinski definition) is 4. The maximum absolute atomic E-state index is 5.49. The van der Waals surface area contributed by atoms with Gasteiger partial charge in [0.25, 0.3) is 0 Å². The van der Waals surface area contributed by atoms with Gasteiger partial charge in [-0.1, -0.05) is 18.2 Å². The molecule has 1 aromatic rings. The maximum Gasteiger partial charge on any atom is 0.194 e. The number of rotatable bonds is 6. The van der Waals surface area contributed by atoms with Crippen molar-refractivity contribution in [3.05, 3.63) is 29.8 Å². The van der Waals surface area contributed by atoms with E-state index in [0.717, 1.165) is 58.5 Å². The highest BCUT2D eigenvalue weighted by Gasteiger charge is 2.24. The van der Waals surface area contributed by atoms with Crippen molar-refractivity contribution in [3.63, 3.8) is 0 Å². The van der Waals surface area contributed by atoms with Gasteiger partial charge in [-0.05, 0) is 25.0 Å². The van der Waals surface area contributed by atoms with Gasteiger partial charge in [-0.15, -0.1) is 0 Å². The number of hydrogen-bond donors (Lipinski definition) is 1. The quantitative estimate of drug-likeness (QED) is 0.621. The number of likely N-dealkylation sites (tertiary alicyclic amines) is 1. The Morgan fingerprint density at radius 3 is 2.85 bits per heavy atom. The minimum Gasteiger partial charge on any atom is -0.384 e. The predicted octanol–water partition coefficient (Wildman–Crippen LogP) is 1.96. The van der Waals surface area contributed by atoms with Crippen molar-refractivity contribution in [2.75, 3.05) is 64.6 Å². The first-order chi connectivity index (χ1) is 12.8. The van der Waals surface area contributed by atoms with Crippen molar-refractivity contribution in [1.29, 1.82) is 0 Å². The van der Waals surface area contributed by atoms with Gasteiger partial charge in [-0.3, -0.25) is 0 Å². The van der Waals surface area contributed by atoms with Crippen LogP contribution in [0.5, 0.6) is 0 Å². The molecule has 26 heavy (non-hydrogen) atoms. The largest absolute Gasteiger partial charge is 0.384 e. The van der Waals surface area contributed by atoms with Gasteiger partial charge in [0.15, 0.2) is 5.96 Å². The Kier molecular flexibility index (Phi) is 7.14. The van der Waals surface area contributed by atoms with Crippen LogP contribution < -0.4 is 10.2 Å². The highest BCUT2D eigenvalue weighted by Crippen LogP contribution is 2.23. The number of nitrogens with zero attached hydrogens (tertiary/aromatic N) is 3. The maximum atomic E-state index is 5.49. The minimum absolute atomic E-state index is 0.601. The zero-order valence-corrected chi connectivity index (χ0v) is 16.1. The molecule has 3 rings (SSSR count). The number of nitrogens with one attached hydrogen (secondary N) is 1. The first kappa shape index (κ1) is 19.0. The fraction of sp³-hybridized carbons (Fsp3) is 0.650. The number of anilines is 1. The molecule has 1 atom stereocenters. The molecule has 1 N–H and O–H groups in total. The van der Waals surface area contributed by atoms with Gasteiger partial charge in [0.1, 0.15) is 0 Å². The van der Waals surface area contributed by atoms with Crippen molar-refractivity contribution < 1.29 is 9.47 Å². The smallest absolute Gasteiger partial charge is 0.194 e. The molecule has 2 heterocycles. The summed E-state index contributed by atoms with van der Waals surface area (Å²) < 4.78 is 10.8. The molecule has 0 aromatic heterocycles. The number of aliphatic imine (C=N–C) groups is 1. The van der Waals surface area contributed by atoms with Crippen LogP contribution in [0.25, 0.3) is 0 Å².